The van der Waals surface area contributed by atoms with Crippen molar-refractivity contribution in [2.45, 2.75) is 29.9 Å². The second kappa shape index (κ2) is 14.7. The zero-order chi connectivity index (χ0) is 29.9. The topological polar surface area (TPSA) is 122 Å². The van der Waals surface area contributed by atoms with Crippen molar-refractivity contribution >= 4 is 46.9 Å². The minimum Gasteiger partial charge on any atom is -0.478 e. The Morgan fingerprint density at radius 1 is 0.786 bits per heavy atom. The minimum atomic E-state index is -1.19. The van der Waals surface area contributed by atoms with Crippen LogP contribution in [0.15, 0.2) is 108 Å². The standard InChI is InChI=1S/C33H30N2O6S/c1-2-3-20-41-33(40)23-16-18-24(19-17-23)34-31(37)29(22-10-5-4-6-11-22)42-26-13-9-12-25(21-26)35-30(36)27-14-7-8-15-28(27)32(38)39/h4-19,21,29H,2-3,20H2,1H3,(H,34,37)(H,35,36)(H,38,39). The molecule has 4 rings (SSSR count). The fourth-order valence-electron chi connectivity index (χ4n) is 4.04. The maximum absolute atomic E-state index is 13.5. The van der Waals surface area contributed by atoms with Gasteiger partial charge >= 0.3 is 11.9 Å². The lowest BCUT2D eigenvalue weighted by atomic mass is 10.1. The summed E-state index contributed by atoms with van der Waals surface area (Å²) in [7, 11) is 0. The number of unbranched alkanes of at least 4 members (excludes halogenated alkanes) is 1. The molecule has 0 spiro atoms. The van der Waals surface area contributed by atoms with E-state index in [1.807, 2.05) is 43.3 Å². The molecule has 1 unspecified atom stereocenters. The molecule has 0 bridgehead atoms. The minimum absolute atomic E-state index is 0.0461. The Hall–Kier alpha value is -4.89. The van der Waals surface area contributed by atoms with E-state index in [9.17, 15) is 24.3 Å². The first-order valence-corrected chi connectivity index (χ1v) is 14.3. The zero-order valence-corrected chi connectivity index (χ0v) is 23.7. The Kier molecular flexibility index (Phi) is 10.5. The number of aromatic carboxylic acids is 1. The van der Waals surface area contributed by atoms with Gasteiger partial charge in [0, 0.05) is 16.3 Å². The molecule has 8 nitrogen and oxygen atoms in total. The Morgan fingerprint density at radius 2 is 1.48 bits per heavy atom. The number of nitrogens with one attached hydrogen (secondary N) is 2. The van der Waals surface area contributed by atoms with E-state index < -0.39 is 23.1 Å². The highest BCUT2D eigenvalue weighted by Crippen LogP contribution is 2.37. The number of carboxylic acid groups (broad SMARTS) is 1. The summed E-state index contributed by atoms with van der Waals surface area (Å²) in [5, 5.41) is 14.5. The molecule has 1 atom stereocenters. The van der Waals surface area contributed by atoms with Crippen molar-refractivity contribution in [1.82, 2.24) is 0 Å². The second-order valence-electron chi connectivity index (χ2n) is 9.30. The first kappa shape index (κ1) is 30.1. The van der Waals surface area contributed by atoms with Crippen molar-refractivity contribution in [3.05, 3.63) is 125 Å². The van der Waals surface area contributed by atoms with Crippen molar-refractivity contribution in [2.75, 3.05) is 17.2 Å². The van der Waals surface area contributed by atoms with Gasteiger partial charge < -0.3 is 20.5 Å². The quantitative estimate of drug-likeness (QED) is 0.0928. The van der Waals surface area contributed by atoms with Crippen LogP contribution in [0.4, 0.5) is 11.4 Å². The summed E-state index contributed by atoms with van der Waals surface area (Å²) in [4.78, 5) is 50.8. The Balaban J connectivity index is 1.49. The first-order valence-electron chi connectivity index (χ1n) is 13.4. The van der Waals surface area contributed by atoms with E-state index >= 15 is 0 Å². The number of hydrogen-bond donors (Lipinski definition) is 3. The van der Waals surface area contributed by atoms with Crippen LogP contribution < -0.4 is 10.6 Å². The van der Waals surface area contributed by atoms with Crippen molar-refractivity contribution < 1.29 is 29.0 Å². The summed E-state index contributed by atoms with van der Waals surface area (Å²) >= 11 is 1.30. The van der Waals surface area contributed by atoms with Crippen LogP contribution >= 0.6 is 11.8 Å². The molecule has 0 fully saturated rings. The highest BCUT2D eigenvalue weighted by molar-refractivity contribution is 8.00. The molecule has 2 amide bonds. The molecule has 0 saturated heterocycles. The summed E-state index contributed by atoms with van der Waals surface area (Å²) in [5.74, 6) is -2.42. The number of hydrogen-bond acceptors (Lipinski definition) is 6. The maximum Gasteiger partial charge on any atom is 0.338 e. The fourth-order valence-corrected chi connectivity index (χ4v) is 5.12. The third-order valence-electron chi connectivity index (χ3n) is 6.21. The molecule has 0 aliphatic rings. The third-order valence-corrected chi connectivity index (χ3v) is 7.46. The largest absolute Gasteiger partial charge is 0.478 e. The van der Waals surface area contributed by atoms with E-state index in [0.29, 0.717) is 28.4 Å². The van der Waals surface area contributed by atoms with Crippen LogP contribution in [0.2, 0.25) is 0 Å². The molecule has 9 heteroatoms. The van der Waals surface area contributed by atoms with Crippen LogP contribution in [-0.4, -0.2) is 35.5 Å². The van der Waals surface area contributed by atoms with Gasteiger partial charge in [0.1, 0.15) is 5.25 Å². The van der Waals surface area contributed by atoms with Gasteiger partial charge in [-0.25, -0.2) is 9.59 Å². The molecule has 0 aliphatic carbocycles. The van der Waals surface area contributed by atoms with E-state index in [-0.39, 0.29) is 17.0 Å². The molecule has 4 aromatic carbocycles. The monoisotopic (exact) mass is 582 g/mol. The summed E-state index contributed by atoms with van der Waals surface area (Å²) in [5.41, 5.74) is 2.13. The molecule has 0 radical (unpaired) electrons. The molecule has 0 saturated carbocycles. The first-order chi connectivity index (χ1) is 20.4. The molecule has 4 aromatic rings. The molecular formula is C33H30N2O6S. The van der Waals surface area contributed by atoms with E-state index in [2.05, 4.69) is 10.6 Å². The SMILES string of the molecule is CCCCOC(=O)c1ccc(NC(=O)C(Sc2cccc(NC(=O)c3ccccc3C(=O)O)c2)c2ccccc2)cc1. The van der Waals surface area contributed by atoms with Crippen molar-refractivity contribution in [2.24, 2.45) is 0 Å². The lowest BCUT2D eigenvalue weighted by molar-refractivity contribution is -0.115. The van der Waals surface area contributed by atoms with E-state index in [0.717, 1.165) is 18.4 Å². The number of anilines is 2. The summed E-state index contributed by atoms with van der Waals surface area (Å²) in [6.45, 7) is 2.38. The van der Waals surface area contributed by atoms with Crippen LogP contribution in [-0.2, 0) is 9.53 Å². The van der Waals surface area contributed by atoms with Gasteiger partial charge in [0.25, 0.3) is 5.91 Å². The van der Waals surface area contributed by atoms with Gasteiger partial charge in [0.2, 0.25) is 5.91 Å². The average molecular weight is 583 g/mol. The predicted octanol–water partition coefficient (Wildman–Crippen LogP) is 7.07. The molecule has 42 heavy (non-hydrogen) atoms. The Morgan fingerprint density at radius 3 is 2.17 bits per heavy atom. The van der Waals surface area contributed by atoms with Crippen LogP contribution in [0, 0.1) is 0 Å². The second-order valence-corrected chi connectivity index (χ2v) is 10.5. The van der Waals surface area contributed by atoms with Gasteiger partial charge in [0.15, 0.2) is 0 Å². The fraction of sp³-hybridized carbons (Fsp3) is 0.152. The smallest absolute Gasteiger partial charge is 0.338 e. The van der Waals surface area contributed by atoms with Crippen LogP contribution in [0.25, 0.3) is 0 Å². The molecule has 0 aromatic heterocycles. The van der Waals surface area contributed by atoms with Crippen LogP contribution in [0.5, 0.6) is 0 Å². The number of rotatable bonds is 12. The van der Waals surface area contributed by atoms with Gasteiger partial charge in [-0.3, -0.25) is 9.59 Å². The summed E-state index contributed by atoms with van der Waals surface area (Å²) in [6, 6.07) is 28.8. The number of carboxylic acids is 1. The van der Waals surface area contributed by atoms with Gasteiger partial charge in [-0.2, -0.15) is 0 Å². The Bertz CT molecular complexity index is 1560. The predicted molar refractivity (Wildman–Crippen MR) is 163 cm³/mol. The molecule has 0 heterocycles. The van der Waals surface area contributed by atoms with Crippen LogP contribution in [0.3, 0.4) is 0 Å². The van der Waals surface area contributed by atoms with Crippen LogP contribution in [0.1, 0.15) is 61.7 Å². The maximum atomic E-state index is 13.5. The summed E-state index contributed by atoms with van der Waals surface area (Å²) < 4.78 is 5.24. The summed E-state index contributed by atoms with van der Waals surface area (Å²) in [6.07, 6.45) is 1.73. The van der Waals surface area contributed by atoms with Crippen molar-refractivity contribution in [3.63, 3.8) is 0 Å². The van der Waals surface area contributed by atoms with E-state index in [1.165, 1.54) is 23.9 Å². The molecule has 3 N–H and O–H groups in total. The number of amides is 2. The number of ether oxygens (including phenoxy) is 1. The van der Waals surface area contributed by atoms with Gasteiger partial charge in [-0.15, -0.1) is 11.8 Å². The number of esters is 1. The molecular weight excluding hydrogens is 552 g/mol. The zero-order valence-electron chi connectivity index (χ0n) is 22.9. The number of benzene rings is 4. The number of thioether (sulfide) groups is 1. The Labute approximate surface area is 248 Å². The van der Waals surface area contributed by atoms with Gasteiger partial charge in [-0.05, 0) is 66.6 Å². The van der Waals surface area contributed by atoms with Crippen molar-refractivity contribution in [1.29, 1.82) is 0 Å². The van der Waals surface area contributed by atoms with E-state index in [4.69, 9.17) is 4.74 Å². The number of carbonyl (C=O) groups excluding carboxylic acids is 3. The highest BCUT2D eigenvalue weighted by Gasteiger charge is 2.23. The van der Waals surface area contributed by atoms with Gasteiger partial charge in [-0.1, -0.05) is 61.9 Å². The van der Waals surface area contributed by atoms with Crippen molar-refractivity contribution in [3.8, 4) is 0 Å². The third kappa shape index (κ3) is 8.08. The lowest BCUT2D eigenvalue weighted by Gasteiger charge is -2.18. The normalized spacial score (nSPS) is 11.3. The highest BCUT2D eigenvalue weighted by atomic mass is 32.2. The molecule has 214 valence electrons. The number of carbonyl (C=O) groups is 4. The van der Waals surface area contributed by atoms with Gasteiger partial charge in [0.05, 0.1) is 23.3 Å². The van der Waals surface area contributed by atoms with E-state index in [1.54, 1.807) is 54.6 Å². The molecule has 0 aliphatic heterocycles. The lowest BCUT2D eigenvalue weighted by Crippen LogP contribution is -2.19. The average Bonchev–Trinajstić information content (AvgIpc) is 3.01.